The number of pyridine rings is 1. The molecule has 0 saturated heterocycles. The van der Waals surface area contributed by atoms with Crippen LogP contribution in [0.3, 0.4) is 0 Å². The van der Waals surface area contributed by atoms with Crippen LogP contribution in [0.2, 0.25) is 0 Å². The molecule has 0 bridgehead atoms. The van der Waals surface area contributed by atoms with Crippen LogP contribution in [0.15, 0.2) is 36.5 Å². The van der Waals surface area contributed by atoms with Gasteiger partial charge in [-0.1, -0.05) is 26.0 Å². The van der Waals surface area contributed by atoms with Gasteiger partial charge in [-0.05, 0) is 48.6 Å². The number of hydrogen-bond acceptors (Lipinski definition) is 3. The van der Waals surface area contributed by atoms with Crippen LogP contribution in [-0.4, -0.2) is 4.98 Å². The fourth-order valence-corrected chi connectivity index (χ4v) is 2.08. The van der Waals surface area contributed by atoms with Gasteiger partial charge in [-0.15, -0.1) is 0 Å². The van der Waals surface area contributed by atoms with Crippen molar-refractivity contribution < 1.29 is 4.74 Å². The SMILES string of the molecule is Cc1ccc(C(C)C)c(Oc2cc([C@@H](C)N)ccn2)c1. The lowest BCUT2D eigenvalue weighted by Crippen LogP contribution is -2.05. The maximum atomic E-state index is 5.98. The van der Waals surface area contributed by atoms with Gasteiger partial charge in [-0.3, -0.25) is 0 Å². The van der Waals surface area contributed by atoms with E-state index < -0.39 is 0 Å². The van der Waals surface area contributed by atoms with Gasteiger partial charge in [0.25, 0.3) is 0 Å². The molecule has 0 fully saturated rings. The summed E-state index contributed by atoms with van der Waals surface area (Å²) in [5, 5.41) is 0. The molecule has 2 rings (SSSR count). The van der Waals surface area contributed by atoms with E-state index in [4.69, 9.17) is 10.5 Å². The van der Waals surface area contributed by atoms with Gasteiger partial charge < -0.3 is 10.5 Å². The van der Waals surface area contributed by atoms with E-state index in [1.165, 1.54) is 11.1 Å². The third kappa shape index (κ3) is 3.36. The Morgan fingerprint density at radius 1 is 1.10 bits per heavy atom. The summed E-state index contributed by atoms with van der Waals surface area (Å²) < 4.78 is 5.98. The smallest absolute Gasteiger partial charge is 0.219 e. The molecule has 0 aliphatic rings. The summed E-state index contributed by atoms with van der Waals surface area (Å²) in [6.07, 6.45) is 1.73. The van der Waals surface area contributed by atoms with E-state index in [9.17, 15) is 0 Å². The van der Waals surface area contributed by atoms with Gasteiger partial charge in [0.15, 0.2) is 0 Å². The van der Waals surface area contributed by atoms with E-state index in [2.05, 4.69) is 44.0 Å². The monoisotopic (exact) mass is 270 g/mol. The molecule has 1 atom stereocenters. The molecule has 0 saturated carbocycles. The highest BCUT2D eigenvalue weighted by Crippen LogP contribution is 2.31. The first-order chi connectivity index (χ1) is 9.47. The largest absolute Gasteiger partial charge is 0.439 e. The lowest BCUT2D eigenvalue weighted by Gasteiger charge is -2.15. The second kappa shape index (κ2) is 6.06. The molecule has 106 valence electrons. The lowest BCUT2D eigenvalue weighted by molar-refractivity contribution is 0.452. The molecule has 1 aromatic heterocycles. The third-order valence-electron chi connectivity index (χ3n) is 3.29. The highest BCUT2D eigenvalue weighted by molar-refractivity contribution is 5.41. The molecule has 0 amide bonds. The average Bonchev–Trinajstić information content (AvgIpc) is 2.38. The first-order valence-corrected chi connectivity index (χ1v) is 6.97. The fourth-order valence-electron chi connectivity index (χ4n) is 2.08. The van der Waals surface area contributed by atoms with Crippen molar-refractivity contribution in [1.29, 1.82) is 0 Å². The van der Waals surface area contributed by atoms with Crippen LogP contribution >= 0.6 is 0 Å². The van der Waals surface area contributed by atoms with E-state index in [1.54, 1.807) is 6.20 Å². The van der Waals surface area contributed by atoms with Gasteiger partial charge in [0.05, 0.1) is 0 Å². The van der Waals surface area contributed by atoms with Crippen molar-refractivity contribution >= 4 is 0 Å². The number of aromatic nitrogens is 1. The average molecular weight is 270 g/mol. The molecule has 0 aliphatic heterocycles. The van der Waals surface area contributed by atoms with Gasteiger partial charge in [-0.25, -0.2) is 4.98 Å². The summed E-state index contributed by atoms with van der Waals surface area (Å²) in [7, 11) is 0. The molecule has 2 aromatic rings. The minimum atomic E-state index is -0.0255. The van der Waals surface area contributed by atoms with Crippen LogP contribution in [0.5, 0.6) is 11.6 Å². The first-order valence-electron chi connectivity index (χ1n) is 6.97. The van der Waals surface area contributed by atoms with Crippen molar-refractivity contribution in [2.24, 2.45) is 5.73 Å². The Balaban J connectivity index is 2.34. The fraction of sp³-hybridized carbons (Fsp3) is 0.353. The standard InChI is InChI=1S/C17H22N2O/c1-11(2)15-6-5-12(3)9-16(15)20-17-10-14(13(4)18)7-8-19-17/h5-11,13H,18H2,1-4H3/t13-/m1/s1. The minimum Gasteiger partial charge on any atom is -0.439 e. The third-order valence-corrected chi connectivity index (χ3v) is 3.29. The molecule has 3 nitrogen and oxygen atoms in total. The van der Waals surface area contributed by atoms with Gasteiger partial charge in [-0.2, -0.15) is 0 Å². The summed E-state index contributed by atoms with van der Waals surface area (Å²) in [5.41, 5.74) is 9.27. The zero-order valence-electron chi connectivity index (χ0n) is 12.6. The van der Waals surface area contributed by atoms with Crippen molar-refractivity contribution in [1.82, 2.24) is 4.98 Å². The maximum absolute atomic E-state index is 5.98. The molecule has 2 N–H and O–H groups in total. The Hall–Kier alpha value is -1.87. The van der Waals surface area contributed by atoms with Crippen molar-refractivity contribution in [2.45, 2.75) is 39.7 Å². The predicted molar refractivity (Wildman–Crippen MR) is 82.2 cm³/mol. The first kappa shape index (κ1) is 14.5. The lowest BCUT2D eigenvalue weighted by atomic mass is 10.0. The van der Waals surface area contributed by atoms with Crippen LogP contribution in [-0.2, 0) is 0 Å². The normalized spacial score (nSPS) is 12.5. The van der Waals surface area contributed by atoms with Crippen molar-refractivity contribution in [3.05, 3.63) is 53.2 Å². The van der Waals surface area contributed by atoms with Crippen molar-refractivity contribution in [2.75, 3.05) is 0 Å². The number of aryl methyl sites for hydroxylation is 1. The molecule has 0 radical (unpaired) electrons. The van der Waals surface area contributed by atoms with E-state index in [1.807, 2.05) is 19.1 Å². The quantitative estimate of drug-likeness (QED) is 0.899. The number of rotatable bonds is 4. The minimum absolute atomic E-state index is 0.0255. The number of benzene rings is 1. The zero-order valence-corrected chi connectivity index (χ0v) is 12.6. The van der Waals surface area contributed by atoms with E-state index in [0.29, 0.717) is 11.8 Å². The van der Waals surface area contributed by atoms with Crippen LogP contribution in [0.1, 0.15) is 49.4 Å². The molecular formula is C17H22N2O. The van der Waals surface area contributed by atoms with Gasteiger partial charge in [0.2, 0.25) is 5.88 Å². The highest BCUT2D eigenvalue weighted by Gasteiger charge is 2.10. The van der Waals surface area contributed by atoms with E-state index in [0.717, 1.165) is 11.3 Å². The summed E-state index contributed by atoms with van der Waals surface area (Å²) in [6.45, 7) is 8.32. The number of hydrogen-bond donors (Lipinski definition) is 1. The van der Waals surface area contributed by atoms with E-state index >= 15 is 0 Å². The molecule has 3 heteroatoms. The summed E-state index contributed by atoms with van der Waals surface area (Å²) >= 11 is 0. The van der Waals surface area contributed by atoms with Gasteiger partial charge >= 0.3 is 0 Å². The molecule has 1 heterocycles. The van der Waals surface area contributed by atoms with Crippen LogP contribution in [0, 0.1) is 6.92 Å². The van der Waals surface area contributed by atoms with Crippen LogP contribution in [0.25, 0.3) is 0 Å². The molecule has 0 spiro atoms. The van der Waals surface area contributed by atoms with Gasteiger partial charge in [0, 0.05) is 18.3 Å². The number of ether oxygens (including phenoxy) is 1. The molecule has 1 aromatic carbocycles. The Morgan fingerprint density at radius 3 is 2.50 bits per heavy atom. The number of nitrogens with two attached hydrogens (primary N) is 1. The van der Waals surface area contributed by atoms with Gasteiger partial charge in [0.1, 0.15) is 5.75 Å². The Morgan fingerprint density at radius 2 is 1.85 bits per heavy atom. The van der Waals surface area contributed by atoms with Crippen molar-refractivity contribution in [3.8, 4) is 11.6 Å². The molecule has 0 unspecified atom stereocenters. The second-order valence-electron chi connectivity index (χ2n) is 5.51. The highest BCUT2D eigenvalue weighted by atomic mass is 16.5. The molecular weight excluding hydrogens is 248 g/mol. The Kier molecular flexibility index (Phi) is 4.40. The summed E-state index contributed by atoms with van der Waals surface area (Å²) in [6, 6.07) is 10.1. The summed E-state index contributed by atoms with van der Waals surface area (Å²) in [4.78, 5) is 4.27. The van der Waals surface area contributed by atoms with E-state index in [-0.39, 0.29) is 6.04 Å². The molecule has 0 aliphatic carbocycles. The Bertz CT molecular complexity index is 591. The Labute approximate surface area is 120 Å². The zero-order chi connectivity index (χ0) is 14.7. The van der Waals surface area contributed by atoms with Crippen LogP contribution < -0.4 is 10.5 Å². The topological polar surface area (TPSA) is 48.1 Å². The summed E-state index contributed by atoms with van der Waals surface area (Å²) in [5.74, 6) is 1.86. The van der Waals surface area contributed by atoms with Crippen molar-refractivity contribution in [3.63, 3.8) is 0 Å². The number of nitrogens with zero attached hydrogens (tertiary/aromatic N) is 1. The predicted octanol–water partition coefficient (Wildman–Crippen LogP) is 4.33. The van der Waals surface area contributed by atoms with Crippen LogP contribution in [0.4, 0.5) is 0 Å². The second-order valence-corrected chi connectivity index (χ2v) is 5.51. The maximum Gasteiger partial charge on any atom is 0.219 e. The molecule has 20 heavy (non-hydrogen) atoms.